The summed E-state index contributed by atoms with van der Waals surface area (Å²) in [5, 5.41) is 0.380. The lowest BCUT2D eigenvalue weighted by molar-refractivity contribution is -0.123. The first-order chi connectivity index (χ1) is 14.0. The second-order valence-corrected chi connectivity index (χ2v) is 6.97. The van der Waals surface area contributed by atoms with Crippen LogP contribution in [0.15, 0.2) is 72.8 Å². The number of hydrazine groups is 1. The van der Waals surface area contributed by atoms with Crippen LogP contribution in [-0.4, -0.2) is 18.4 Å². The first kappa shape index (κ1) is 20.7. The molecule has 29 heavy (non-hydrogen) atoms. The van der Waals surface area contributed by atoms with E-state index < -0.39 is 11.8 Å². The molecule has 0 spiro atoms. The van der Waals surface area contributed by atoms with Crippen molar-refractivity contribution >= 4 is 35.0 Å². The van der Waals surface area contributed by atoms with Gasteiger partial charge in [0.05, 0.1) is 15.6 Å². The molecule has 0 aliphatic heterocycles. The average molecular weight is 429 g/mol. The van der Waals surface area contributed by atoms with Crippen LogP contribution in [0.4, 0.5) is 0 Å². The minimum atomic E-state index is -0.613. The molecule has 0 heterocycles. The Hall–Kier alpha value is -3.02. The third-order valence-corrected chi connectivity index (χ3v) is 4.70. The first-order valence-corrected chi connectivity index (χ1v) is 9.58. The highest BCUT2D eigenvalue weighted by Crippen LogP contribution is 2.24. The van der Waals surface area contributed by atoms with Crippen LogP contribution in [0, 0.1) is 0 Å². The van der Waals surface area contributed by atoms with E-state index in [0.29, 0.717) is 12.2 Å². The SMILES string of the molecule is O=C(COc1ccccc1Cc1ccccc1)NNC(=O)c1c(Cl)cccc1Cl. The zero-order valence-electron chi connectivity index (χ0n) is 15.3. The largest absolute Gasteiger partial charge is 0.483 e. The molecule has 0 saturated carbocycles. The Labute approximate surface area is 178 Å². The van der Waals surface area contributed by atoms with Gasteiger partial charge in [0.15, 0.2) is 6.61 Å². The normalized spacial score (nSPS) is 10.3. The van der Waals surface area contributed by atoms with Crippen LogP contribution in [0.1, 0.15) is 21.5 Å². The molecular formula is C22H18Cl2N2O3. The minimum absolute atomic E-state index is 0.0882. The molecule has 2 amide bonds. The topological polar surface area (TPSA) is 67.4 Å². The number of benzene rings is 3. The molecule has 0 saturated heterocycles. The second-order valence-electron chi connectivity index (χ2n) is 6.16. The number of rotatable bonds is 6. The van der Waals surface area contributed by atoms with Crippen LogP contribution < -0.4 is 15.6 Å². The highest BCUT2D eigenvalue weighted by Gasteiger charge is 2.15. The van der Waals surface area contributed by atoms with Crippen molar-refractivity contribution in [3.05, 3.63) is 99.5 Å². The Balaban J connectivity index is 1.55. The van der Waals surface area contributed by atoms with Crippen LogP contribution >= 0.6 is 23.2 Å². The summed E-state index contributed by atoms with van der Waals surface area (Å²) in [7, 11) is 0. The highest BCUT2D eigenvalue weighted by atomic mass is 35.5. The molecule has 2 N–H and O–H groups in total. The highest BCUT2D eigenvalue weighted by molar-refractivity contribution is 6.39. The van der Waals surface area contributed by atoms with Gasteiger partial charge in [0.2, 0.25) is 0 Å². The van der Waals surface area contributed by atoms with Gasteiger partial charge in [-0.05, 0) is 29.3 Å². The van der Waals surface area contributed by atoms with E-state index in [1.54, 1.807) is 12.1 Å². The lowest BCUT2D eigenvalue weighted by Crippen LogP contribution is -2.44. The number of para-hydroxylation sites is 1. The molecule has 0 aliphatic carbocycles. The monoisotopic (exact) mass is 428 g/mol. The summed E-state index contributed by atoms with van der Waals surface area (Å²) >= 11 is 12.0. The second kappa shape index (κ2) is 9.96. The first-order valence-electron chi connectivity index (χ1n) is 8.82. The molecule has 0 fully saturated rings. The van der Waals surface area contributed by atoms with Crippen molar-refractivity contribution in [1.29, 1.82) is 0 Å². The number of amides is 2. The standard InChI is InChI=1S/C22H18Cl2N2O3/c23-17-10-6-11-18(24)21(17)22(28)26-25-20(27)14-29-19-12-5-4-9-16(19)13-15-7-2-1-3-8-15/h1-12H,13-14H2,(H,25,27)(H,26,28). The van der Waals surface area contributed by atoms with Gasteiger partial charge in [0.25, 0.3) is 11.8 Å². The molecule has 5 nitrogen and oxygen atoms in total. The van der Waals surface area contributed by atoms with E-state index in [-0.39, 0.29) is 22.2 Å². The quantitative estimate of drug-likeness (QED) is 0.570. The molecule has 7 heteroatoms. The van der Waals surface area contributed by atoms with E-state index in [4.69, 9.17) is 27.9 Å². The number of hydrogen-bond donors (Lipinski definition) is 2. The fourth-order valence-electron chi connectivity index (χ4n) is 2.69. The summed E-state index contributed by atoms with van der Waals surface area (Å²) in [6.45, 7) is -0.262. The molecule has 0 aliphatic rings. The van der Waals surface area contributed by atoms with Gasteiger partial charge in [0, 0.05) is 6.42 Å². The fourth-order valence-corrected chi connectivity index (χ4v) is 3.26. The molecule has 148 valence electrons. The van der Waals surface area contributed by atoms with Crippen LogP contribution in [0.25, 0.3) is 0 Å². The minimum Gasteiger partial charge on any atom is -0.483 e. The van der Waals surface area contributed by atoms with Gasteiger partial charge in [-0.3, -0.25) is 20.4 Å². The van der Waals surface area contributed by atoms with Crippen molar-refractivity contribution < 1.29 is 14.3 Å². The van der Waals surface area contributed by atoms with E-state index in [2.05, 4.69) is 10.9 Å². The average Bonchev–Trinajstić information content (AvgIpc) is 2.72. The zero-order valence-corrected chi connectivity index (χ0v) is 16.8. The van der Waals surface area contributed by atoms with Gasteiger partial charge in [-0.1, -0.05) is 77.8 Å². The van der Waals surface area contributed by atoms with Crippen LogP contribution in [0.3, 0.4) is 0 Å². The Bertz CT molecular complexity index is 990. The Morgan fingerprint density at radius 3 is 2.17 bits per heavy atom. The number of nitrogens with one attached hydrogen (secondary N) is 2. The Kier molecular flexibility index (Phi) is 7.11. The summed E-state index contributed by atoms with van der Waals surface area (Å²) in [6.07, 6.45) is 0.681. The van der Waals surface area contributed by atoms with Crippen LogP contribution in [-0.2, 0) is 11.2 Å². The predicted octanol–water partition coefficient (Wildman–Crippen LogP) is 4.42. The summed E-state index contributed by atoms with van der Waals surface area (Å²) in [5.74, 6) is -0.526. The third-order valence-electron chi connectivity index (χ3n) is 4.07. The lowest BCUT2D eigenvalue weighted by atomic mass is 10.0. The maximum Gasteiger partial charge on any atom is 0.276 e. The maximum atomic E-state index is 12.2. The molecule has 0 unspecified atom stereocenters. The van der Waals surface area contributed by atoms with Crippen molar-refractivity contribution in [2.75, 3.05) is 6.61 Å². The number of ether oxygens (including phenoxy) is 1. The van der Waals surface area contributed by atoms with E-state index in [0.717, 1.165) is 11.1 Å². The lowest BCUT2D eigenvalue weighted by Gasteiger charge is -2.13. The van der Waals surface area contributed by atoms with E-state index in [1.165, 1.54) is 12.1 Å². The van der Waals surface area contributed by atoms with E-state index in [9.17, 15) is 9.59 Å². The Morgan fingerprint density at radius 2 is 1.45 bits per heavy atom. The molecule has 0 bridgehead atoms. The van der Waals surface area contributed by atoms with E-state index in [1.807, 2.05) is 48.5 Å². The molecule has 0 radical (unpaired) electrons. The van der Waals surface area contributed by atoms with Crippen molar-refractivity contribution in [2.24, 2.45) is 0 Å². The molecule has 3 rings (SSSR count). The smallest absolute Gasteiger partial charge is 0.276 e. The summed E-state index contributed by atoms with van der Waals surface area (Å²) in [5.41, 5.74) is 6.76. The fraction of sp³-hybridized carbons (Fsp3) is 0.0909. The van der Waals surface area contributed by atoms with Crippen molar-refractivity contribution in [1.82, 2.24) is 10.9 Å². The molecular weight excluding hydrogens is 411 g/mol. The van der Waals surface area contributed by atoms with Crippen molar-refractivity contribution in [2.45, 2.75) is 6.42 Å². The van der Waals surface area contributed by atoms with Gasteiger partial charge < -0.3 is 4.74 Å². The molecule has 0 atom stereocenters. The molecule has 3 aromatic carbocycles. The van der Waals surface area contributed by atoms with Gasteiger partial charge in [-0.15, -0.1) is 0 Å². The third kappa shape index (κ3) is 5.73. The van der Waals surface area contributed by atoms with Gasteiger partial charge in [0.1, 0.15) is 5.75 Å². The maximum absolute atomic E-state index is 12.2. The van der Waals surface area contributed by atoms with Crippen molar-refractivity contribution in [3.63, 3.8) is 0 Å². The van der Waals surface area contributed by atoms with Crippen LogP contribution in [0.5, 0.6) is 5.75 Å². The van der Waals surface area contributed by atoms with Crippen LogP contribution in [0.2, 0.25) is 10.0 Å². The van der Waals surface area contributed by atoms with Crippen molar-refractivity contribution in [3.8, 4) is 5.75 Å². The molecule has 0 aromatic heterocycles. The van der Waals surface area contributed by atoms with Gasteiger partial charge in [-0.2, -0.15) is 0 Å². The Morgan fingerprint density at radius 1 is 0.793 bits per heavy atom. The molecule has 3 aromatic rings. The van der Waals surface area contributed by atoms with Gasteiger partial charge in [-0.25, -0.2) is 0 Å². The summed E-state index contributed by atoms with van der Waals surface area (Å²) < 4.78 is 5.64. The number of halogens is 2. The van der Waals surface area contributed by atoms with E-state index >= 15 is 0 Å². The number of hydrogen-bond acceptors (Lipinski definition) is 3. The summed E-state index contributed by atoms with van der Waals surface area (Å²) in [4.78, 5) is 24.3. The number of carbonyl (C=O) groups excluding carboxylic acids is 2. The summed E-state index contributed by atoms with van der Waals surface area (Å²) in [6, 6.07) is 22.2. The predicted molar refractivity (Wildman–Crippen MR) is 113 cm³/mol. The number of carbonyl (C=O) groups is 2. The zero-order chi connectivity index (χ0) is 20.6. The van der Waals surface area contributed by atoms with Gasteiger partial charge >= 0.3 is 0 Å².